The van der Waals surface area contributed by atoms with Crippen molar-refractivity contribution in [3.8, 4) is 0 Å². The first kappa shape index (κ1) is 23.2. The maximum absolute atomic E-state index is 12.8. The third kappa shape index (κ3) is 7.37. The minimum Gasteiger partial charge on any atom is -0.353 e. The van der Waals surface area contributed by atoms with Crippen molar-refractivity contribution in [3.63, 3.8) is 0 Å². The van der Waals surface area contributed by atoms with Gasteiger partial charge < -0.3 is 5.32 Å². The van der Waals surface area contributed by atoms with Gasteiger partial charge in [0.15, 0.2) is 0 Å². The van der Waals surface area contributed by atoms with Crippen LogP contribution in [0.3, 0.4) is 0 Å². The SMILES string of the molecule is CCCCC[C@H](C)NC(=O)CSc1ccc(S(=O)(=O)N2CCCCCC2)cn1. The Labute approximate surface area is 173 Å². The molecule has 0 saturated carbocycles. The average Bonchev–Trinajstić information content (AvgIpc) is 2.97. The molecule has 0 unspecified atom stereocenters. The normalized spacial score (nSPS) is 17.1. The molecule has 2 heterocycles. The summed E-state index contributed by atoms with van der Waals surface area (Å²) in [6.45, 7) is 5.35. The Bertz CT molecular complexity index is 700. The lowest BCUT2D eigenvalue weighted by Gasteiger charge is -2.19. The topological polar surface area (TPSA) is 79.4 Å². The van der Waals surface area contributed by atoms with Crippen LogP contribution in [0, 0.1) is 0 Å². The van der Waals surface area contributed by atoms with Gasteiger partial charge in [-0.25, -0.2) is 13.4 Å². The van der Waals surface area contributed by atoms with E-state index in [1.807, 2.05) is 6.92 Å². The number of thioether (sulfide) groups is 1. The van der Waals surface area contributed by atoms with E-state index in [0.29, 0.717) is 18.1 Å². The van der Waals surface area contributed by atoms with Crippen molar-refractivity contribution in [2.75, 3.05) is 18.8 Å². The van der Waals surface area contributed by atoms with Gasteiger partial charge in [0, 0.05) is 25.3 Å². The second-order valence-corrected chi connectivity index (χ2v) is 10.3. The molecular weight excluding hydrogens is 394 g/mol. The van der Waals surface area contributed by atoms with Crippen molar-refractivity contribution in [1.29, 1.82) is 0 Å². The zero-order chi connectivity index (χ0) is 20.4. The first-order valence-corrected chi connectivity index (χ1v) is 12.7. The van der Waals surface area contributed by atoms with E-state index in [2.05, 4.69) is 17.2 Å². The molecule has 1 N–H and O–H groups in total. The first-order chi connectivity index (χ1) is 13.4. The predicted molar refractivity (Wildman–Crippen MR) is 114 cm³/mol. The lowest BCUT2D eigenvalue weighted by Crippen LogP contribution is -2.33. The van der Waals surface area contributed by atoms with Gasteiger partial charge in [-0.3, -0.25) is 4.79 Å². The summed E-state index contributed by atoms with van der Waals surface area (Å²) in [5, 5.41) is 3.66. The van der Waals surface area contributed by atoms with Gasteiger partial charge in [0.05, 0.1) is 10.8 Å². The number of aromatic nitrogens is 1. The Morgan fingerprint density at radius 2 is 1.93 bits per heavy atom. The van der Waals surface area contributed by atoms with Gasteiger partial charge in [-0.15, -0.1) is 0 Å². The van der Waals surface area contributed by atoms with E-state index in [9.17, 15) is 13.2 Å². The highest BCUT2D eigenvalue weighted by Gasteiger charge is 2.25. The predicted octanol–water partition coefficient (Wildman–Crippen LogP) is 3.82. The maximum atomic E-state index is 12.8. The van der Waals surface area contributed by atoms with Crippen molar-refractivity contribution < 1.29 is 13.2 Å². The van der Waals surface area contributed by atoms with Crippen LogP contribution in [0.25, 0.3) is 0 Å². The molecule has 1 amide bonds. The van der Waals surface area contributed by atoms with Gasteiger partial charge in [0.1, 0.15) is 4.90 Å². The Balaban J connectivity index is 1.84. The monoisotopic (exact) mass is 427 g/mol. The molecule has 1 aliphatic heterocycles. The fourth-order valence-corrected chi connectivity index (χ4v) is 5.38. The van der Waals surface area contributed by atoms with Gasteiger partial charge >= 0.3 is 0 Å². The van der Waals surface area contributed by atoms with E-state index >= 15 is 0 Å². The van der Waals surface area contributed by atoms with Crippen LogP contribution < -0.4 is 5.32 Å². The molecule has 0 spiro atoms. The standard InChI is InChI=1S/C20H33N3O3S2/c1-3-4-7-10-17(2)22-19(24)16-27-20-12-11-18(15-21-20)28(25,26)23-13-8-5-6-9-14-23/h11-12,15,17H,3-10,13-14,16H2,1-2H3,(H,22,24)/t17-/m0/s1. The number of rotatable bonds is 10. The minimum absolute atomic E-state index is 0.0166. The van der Waals surface area contributed by atoms with Gasteiger partial charge in [-0.2, -0.15) is 4.31 Å². The smallest absolute Gasteiger partial charge is 0.244 e. The van der Waals surface area contributed by atoms with Crippen LogP contribution in [0.4, 0.5) is 0 Å². The highest BCUT2D eigenvalue weighted by atomic mass is 32.2. The lowest BCUT2D eigenvalue weighted by atomic mass is 10.1. The van der Waals surface area contributed by atoms with Gasteiger partial charge in [0.25, 0.3) is 0 Å². The molecule has 1 aliphatic rings. The minimum atomic E-state index is -3.48. The number of pyridine rings is 1. The Morgan fingerprint density at radius 1 is 1.21 bits per heavy atom. The molecule has 0 radical (unpaired) electrons. The van der Waals surface area contributed by atoms with Crippen LogP contribution in [0.15, 0.2) is 28.3 Å². The summed E-state index contributed by atoms with van der Waals surface area (Å²) in [5.74, 6) is 0.264. The molecule has 0 aromatic carbocycles. The summed E-state index contributed by atoms with van der Waals surface area (Å²) in [4.78, 5) is 16.5. The third-order valence-corrected chi connectivity index (χ3v) is 7.74. The number of sulfonamides is 1. The van der Waals surface area contributed by atoms with Crippen LogP contribution in [0.2, 0.25) is 0 Å². The Hall–Kier alpha value is -1.12. The summed E-state index contributed by atoms with van der Waals surface area (Å²) in [5.41, 5.74) is 0. The number of carbonyl (C=O) groups excluding carboxylic acids is 1. The van der Waals surface area contributed by atoms with E-state index in [0.717, 1.165) is 38.5 Å². The zero-order valence-electron chi connectivity index (χ0n) is 17.0. The van der Waals surface area contributed by atoms with Crippen molar-refractivity contribution in [1.82, 2.24) is 14.6 Å². The number of hydrogen-bond donors (Lipinski definition) is 1. The highest BCUT2D eigenvalue weighted by molar-refractivity contribution is 7.99. The molecule has 0 aliphatic carbocycles. The van der Waals surface area contributed by atoms with Crippen molar-refractivity contribution in [3.05, 3.63) is 18.3 Å². The fourth-order valence-electron chi connectivity index (χ4n) is 3.26. The zero-order valence-corrected chi connectivity index (χ0v) is 18.7. The molecule has 6 nitrogen and oxygen atoms in total. The van der Waals surface area contributed by atoms with Crippen LogP contribution >= 0.6 is 11.8 Å². The molecular formula is C20H33N3O3S2. The van der Waals surface area contributed by atoms with Gasteiger partial charge in [-0.1, -0.05) is 50.8 Å². The van der Waals surface area contributed by atoms with Gasteiger partial charge in [0.2, 0.25) is 15.9 Å². The highest BCUT2D eigenvalue weighted by Crippen LogP contribution is 2.22. The van der Waals surface area contributed by atoms with Gasteiger partial charge in [-0.05, 0) is 38.3 Å². The molecule has 2 rings (SSSR count). The Kier molecular flexibility index (Phi) is 9.74. The quantitative estimate of drug-likeness (QED) is 0.453. The number of nitrogens with one attached hydrogen (secondary N) is 1. The molecule has 1 fully saturated rings. The van der Waals surface area contributed by atoms with Crippen LogP contribution in [-0.2, 0) is 14.8 Å². The van der Waals surface area contributed by atoms with E-state index in [1.165, 1.54) is 30.8 Å². The Morgan fingerprint density at radius 3 is 2.54 bits per heavy atom. The van der Waals surface area contributed by atoms with Crippen LogP contribution in [-0.4, -0.2) is 48.5 Å². The number of amides is 1. The fraction of sp³-hybridized carbons (Fsp3) is 0.700. The molecule has 1 aromatic rings. The summed E-state index contributed by atoms with van der Waals surface area (Å²) >= 11 is 1.33. The van der Waals surface area contributed by atoms with E-state index in [1.54, 1.807) is 16.4 Å². The average molecular weight is 428 g/mol. The second-order valence-electron chi connectivity index (χ2n) is 7.40. The van der Waals surface area contributed by atoms with Crippen molar-refractivity contribution in [2.45, 2.75) is 81.2 Å². The van der Waals surface area contributed by atoms with E-state index < -0.39 is 10.0 Å². The number of hydrogen-bond acceptors (Lipinski definition) is 5. The molecule has 0 bridgehead atoms. The maximum Gasteiger partial charge on any atom is 0.244 e. The van der Waals surface area contributed by atoms with E-state index in [-0.39, 0.29) is 22.6 Å². The number of unbranched alkanes of at least 4 members (excludes halogenated alkanes) is 2. The summed E-state index contributed by atoms with van der Waals surface area (Å²) < 4.78 is 27.1. The first-order valence-electron chi connectivity index (χ1n) is 10.3. The number of carbonyl (C=O) groups is 1. The molecule has 8 heteroatoms. The lowest BCUT2D eigenvalue weighted by molar-refractivity contribution is -0.119. The molecule has 28 heavy (non-hydrogen) atoms. The molecule has 1 aromatic heterocycles. The second kappa shape index (κ2) is 11.8. The largest absolute Gasteiger partial charge is 0.353 e. The third-order valence-electron chi connectivity index (χ3n) is 4.91. The molecule has 1 atom stereocenters. The molecule has 158 valence electrons. The van der Waals surface area contributed by atoms with Crippen LogP contribution in [0.5, 0.6) is 0 Å². The van der Waals surface area contributed by atoms with E-state index in [4.69, 9.17) is 0 Å². The van der Waals surface area contributed by atoms with Crippen LogP contribution in [0.1, 0.15) is 65.2 Å². The van der Waals surface area contributed by atoms with Crippen molar-refractivity contribution in [2.24, 2.45) is 0 Å². The van der Waals surface area contributed by atoms with Crippen molar-refractivity contribution >= 4 is 27.7 Å². The summed E-state index contributed by atoms with van der Waals surface area (Å²) in [6, 6.07) is 3.46. The number of nitrogens with zero attached hydrogens (tertiary/aromatic N) is 2. The summed E-state index contributed by atoms with van der Waals surface area (Å²) in [6.07, 6.45) is 9.87. The molecule has 1 saturated heterocycles. The summed E-state index contributed by atoms with van der Waals surface area (Å²) in [7, 11) is -3.48.